The van der Waals surface area contributed by atoms with E-state index in [1.54, 1.807) is 7.11 Å². The van der Waals surface area contributed by atoms with Crippen molar-refractivity contribution < 1.29 is 4.74 Å². The van der Waals surface area contributed by atoms with Gasteiger partial charge in [0.25, 0.3) is 0 Å². The zero-order valence-corrected chi connectivity index (χ0v) is 16.0. The lowest BCUT2D eigenvalue weighted by molar-refractivity contribution is 0.130. The molecule has 1 heterocycles. The number of guanidine groups is 1. The maximum absolute atomic E-state index is 5.99. The fraction of sp³-hybridized carbons (Fsp3) is 0.381. The molecule has 0 amide bonds. The van der Waals surface area contributed by atoms with Gasteiger partial charge < -0.3 is 15.8 Å². The number of nitrogens with one attached hydrogen (secondary N) is 1. The monoisotopic (exact) mass is 367 g/mol. The van der Waals surface area contributed by atoms with Gasteiger partial charge in [-0.05, 0) is 17.7 Å². The van der Waals surface area contributed by atoms with E-state index in [0.717, 1.165) is 50.7 Å². The van der Waals surface area contributed by atoms with Crippen LogP contribution in [0.15, 0.2) is 59.6 Å². The summed E-state index contributed by atoms with van der Waals surface area (Å²) in [7, 11) is 1.65. The maximum atomic E-state index is 5.99. The van der Waals surface area contributed by atoms with E-state index in [4.69, 9.17) is 10.5 Å². The molecule has 6 nitrogen and oxygen atoms in total. The van der Waals surface area contributed by atoms with Gasteiger partial charge in [-0.15, -0.1) is 0 Å². The van der Waals surface area contributed by atoms with E-state index in [1.807, 2.05) is 24.3 Å². The van der Waals surface area contributed by atoms with Crippen molar-refractivity contribution in [2.24, 2.45) is 10.7 Å². The molecule has 0 bridgehead atoms. The van der Waals surface area contributed by atoms with Gasteiger partial charge in [0.15, 0.2) is 5.96 Å². The number of anilines is 1. The van der Waals surface area contributed by atoms with Crippen LogP contribution in [0.5, 0.6) is 5.75 Å². The van der Waals surface area contributed by atoms with Gasteiger partial charge in [0.1, 0.15) is 5.75 Å². The van der Waals surface area contributed by atoms with Crippen molar-refractivity contribution in [2.75, 3.05) is 51.7 Å². The quantitative estimate of drug-likeness (QED) is 0.580. The fourth-order valence-corrected chi connectivity index (χ4v) is 3.21. The SMILES string of the molecule is COc1cccc(NC(N)=NCCN2CCN(Cc3ccccc3)CC2)c1. The van der Waals surface area contributed by atoms with Gasteiger partial charge in [-0.1, -0.05) is 36.4 Å². The number of nitrogens with zero attached hydrogens (tertiary/aromatic N) is 3. The van der Waals surface area contributed by atoms with Crippen LogP contribution in [0, 0.1) is 0 Å². The Labute approximate surface area is 161 Å². The normalized spacial score (nSPS) is 16.3. The molecule has 1 fully saturated rings. The van der Waals surface area contributed by atoms with Crippen molar-refractivity contribution in [3.63, 3.8) is 0 Å². The Hall–Kier alpha value is -2.57. The summed E-state index contributed by atoms with van der Waals surface area (Å²) >= 11 is 0. The summed E-state index contributed by atoms with van der Waals surface area (Å²) in [5, 5.41) is 3.11. The van der Waals surface area contributed by atoms with Gasteiger partial charge in [-0.2, -0.15) is 0 Å². The highest BCUT2D eigenvalue weighted by molar-refractivity contribution is 5.92. The minimum atomic E-state index is 0.436. The Kier molecular flexibility index (Phi) is 7.07. The van der Waals surface area contributed by atoms with Crippen molar-refractivity contribution >= 4 is 11.6 Å². The third-order valence-corrected chi connectivity index (χ3v) is 4.75. The molecule has 0 atom stereocenters. The lowest BCUT2D eigenvalue weighted by atomic mass is 10.2. The first kappa shape index (κ1) is 19.2. The second-order valence-electron chi connectivity index (χ2n) is 6.73. The second-order valence-corrected chi connectivity index (χ2v) is 6.73. The highest BCUT2D eigenvalue weighted by Gasteiger charge is 2.16. The molecule has 0 saturated carbocycles. The Morgan fingerprint density at radius 1 is 1.04 bits per heavy atom. The van der Waals surface area contributed by atoms with E-state index >= 15 is 0 Å². The molecule has 0 aliphatic carbocycles. The van der Waals surface area contributed by atoms with Crippen molar-refractivity contribution in [1.82, 2.24) is 9.80 Å². The molecule has 2 aromatic rings. The molecule has 3 rings (SSSR count). The van der Waals surface area contributed by atoms with Crippen LogP contribution >= 0.6 is 0 Å². The van der Waals surface area contributed by atoms with Crippen LogP contribution in [0.3, 0.4) is 0 Å². The van der Waals surface area contributed by atoms with E-state index < -0.39 is 0 Å². The van der Waals surface area contributed by atoms with Crippen LogP contribution in [-0.2, 0) is 6.54 Å². The first-order valence-electron chi connectivity index (χ1n) is 9.42. The summed E-state index contributed by atoms with van der Waals surface area (Å²) in [6.45, 7) is 6.99. The summed E-state index contributed by atoms with van der Waals surface area (Å²) in [5.41, 5.74) is 8.25. The van der Waals surface area contributed by atoms with Crippen LogP contribution < -0.4 is 15.8 Å². The number of hydrogen-bond acceptors (Lipinski definition) is 4. The van der Waals surface area contributed by atoms with Crippen molar-refractivity contribution in [2.45, 2.75) is 6.54 Å². The molecule has 144 valence electrons. The molecular weight excluding hydrogens is 338 g/mol. The van der Waals surface area contributed by atoms with Crippen LogP contribution in [0.2, 0.25) is 0 Å². The number of ether oxygens (including phenoxy) is 1. The topological polar surface area (TPSA) is 66.1 Å². The van der Waals surface area contributed by atoms with Gasteiger partial charge >= 0.3 is 0 Å². The van der Waals surface area contributed by atoms with Gasteiger partial charge in [0.2, 0.25) is 0 Å². The molecule has 1 saturated heterocycles. The number of piperazine rings is 1. The largest absolute Gasteiger partial charge is 0.497 e. The molecule has 0 aromatic heterocycles. The summed E-state index contributed by atoms with van der Waals surface area (Å²) in [6.07, 6.45) is 0. The lowest BCUT2D eigenvalue weighted by Crippen LogP contribution is -2.46. The van der Waals surface area contributed by atoms with E-state index in [1.165, 1.54) is 5.56 Å². The number of benzene rings is 2. The average Bonchev–Trinajstić information content (AvgIpc) is 2.70. The summed E-state index contributed by atoms with van der Waals surface area (Å²) in [5.74, 6) is 1.23. The summed E-state index contributed by atoms with van der Waals surface area (Å²) in [6, 6.07) is 18.3. The van der Waals surface area contributed by atoms with Crippen molar-refractivity contribution in [1.29, 1.82) is 0 Å². The van der Waals surface area contributed by atoms with Gasteiger partial charge in [0, 0.05) is 51.0 Å². The molecule has 6 heteroatoms. The number of methoxy groups -OCH3 is 1. The zero-order chi connectivity index (χ0) is 18.9. The maximum Gasteiger partial charge on any atom is 0.193 e. The average molecular weight is 367 g/mol. The molecule has 1 aliphatic heterocycles. The summed E-state index contributed by atoms with van der Waals surface area (Å²) < 4.78 is 5.21. The zero-order valence-electron chi connectivity index (χ0n) is 16.0. The minimum absolute atomic E-state index is 0.436. The predicted molar refractivity (Wildman–Crippen MR) is 111 cm³/mol. The third-order valence-electron chi connectivity index (χ3n) is 4.75. The number of rotatable bonds is 7. The van der Waals surface area contributed by atoms with Gasteiger partial charge in [-0.25, -0.2) is 0 Å². The molecule has 3 N–H and O–H groups in total. The minimum Gasteiger partial charge on any atom is -0.497 e. The van der Waals surface area contributed by atoms with E-state index in [0.29, 0.717) is 12.5 Å². The van der Waals surface area contributed by atoms with Crippen molar-refractivity contribution in [3.8, 4) is 5.75 Å². The first-order chi connectivity index (χ1) is 13.2. The van der Waals surface area contributed by atoms with Crippen LogP contribution in [0.4, 0.5) is 5.69 Å². The molecule has 2 aromatic carbocycles. The fourth-order valence-electron chi connectivity index (χ4n) is 3.21. The molecule has 27 heavy (non-hydrogen) atoms. The van der Waals surface area contributed by atoms with Crippen LogP contribution in [0.1, 0.15) is 5.56 Å². The van der Waals surface area contributed by atoms with Crippen molar-refractivity contribution in [3.05, 3.63) is 60.2 Å². The number of hydrogen-bond donors (Lipinski definition) is 2. The Balaban J connectivity index is 1.37. The highest BCUT2D eigenvalue weighted by atomic mass is 16.5. The third kappa shape index (κ3) is 6.27. The van der Waals surface area contributed by atoms with E-state index in [9.17, 15) is 0 Å². The molecule has 0 radical (unpaired) electrons. The first-order valence-corrected chi connectivity index (χ1v) is 9.42. The van der Waals surface area contributed by atoms with Crippen LogP contribution in [-0.4, -0.2) is 62.1 Å². The predicted octanol–water partition coefficient (Wildman–Crippen LogP) is 2.24. The number of aliphatic imine (C=N–C) groups is 1. The van der Waals surface area contributed by atoms with Crippen LogP contribution in [0.25, 0.3) is 0 Å². The second kappa shape index (κ2) is 9.94. The smallest absolute Gasteiger partial charge is 0.193 e. The van der Waals surface area contributed by atoms with Gasteiger partial charge in [-0.3, -0.25) is 14.8 Å². The Bertz CT molecular complexity index is 726. The van der Waals surface area contributed by atoms with E-state index in [2.05, 4.69) is 50.4 Å². The Morgan fingerprint density at radius 2 is 1.78 bits per heavy atom. The molecule has 1 aliphatic rings. The molecule has 0 unspecified atom stereocenters. The molecule has 0 spiro atoms. The Morgan fingerprint density at radius 3 is 2.52 bits per heavy atom. The van der Waals surface area contributed by atoms with E-state index in [-0.39, 0.29) is 0 Å². The van der Waals surface area contributed by atoms with Gasteiger partial charge in [0.05, 0.1) is 13.7 Å². The lowest BCUT2D eigenvalue weighted by Gasteiger charge is -2.34. The standard InChI is InChI=1S/C21H29N5O/c1-27-20-9-5-8-19(16-20)24-21(22)23-10-11-25-12-14-26(15-13-25)17-18-6-3-2-4-7-18/h2-9,16H,10-15,17H2,1H3,(H3,22,23,24). The number of nitrogens with two attached hydrogens (primary N) is 1. The summed E-state index contributed by atoms with van der Waals surface area (Å²) in [4.78, 5) is 9.40. The molecular formula is C21H29N5O. The highest BCUT2D eigenvalue weighted by Crippen LogP contribution is 2.16.